The molecule has 0 fully saturated rings. The fraction of sp³-hybridized carbons (Fsp3) is 0.350. The third kappa shape index (κ3) is 3.06. The average Bonchev–Trinajstić information content (AvgIpc) is 3.20. The first-order valence-corrected chi connectivity index (χ1v) is 10.6. The molecule has 4 rings (SSSR count). The Balaban J connectivity index is 1.87. The maximum atomic E-state index is 13.4. The normalized spacial score (nSPS) is 13.1. The standard InChI is InChI=1S/C20H19N3OS2/c1-13-7-9-14(10-8-13)23-19(24)17-15-5-4-6-16(15)26-18(17)22-20(23)25-12-3-2-11-21/h7-10H,2-6,12H2,1H3. The summed E-state index contributed by atoms with van der Waals surface area (Å²) < 4.78 is 1.75. The van der Waals surface area contributed by atoms with Gasteiger partial charge in [0.1, 0.15) is 4.83 Å². The number of rotatable bonds is 5. The molecule has 2 heterocycles. The summed E-state index contributed by atoms with van der Waals surface area (Å²) in [7, 11) is 0. The predicted molar refractivity (Wildman–Crippen MR) is 108 cm³/mol. The van der Waals surface area contributed by atoms with Crippen molar-refractivity contribution in [3.63, 3.8) is 0 Å². The molecule has 0 saturated carbocycles. The molecule has 0 saturated heterocycles. The van der Waals surface area contributed by atoms with E-state index in [-0.39, 0.29) is 5.56 Å². The van der Waals surface area contributed by atoms with Gasteiger partial charge in [0.05, 0.1) is 17.1 Å². The Morgan fingerprint density at radius 2 is 2.12 bits per heavy atom. The molecule has 2 aromatic heterocycles. The van der Waals surface area contributed by atoms with Crippen molar-refractivity contribution in [3.8, 4) is 11.8 Å². The molecule has 6 heteroatoms. The summed E-state index contributed by atoms with van der Waals surface area (Å²) in [5.74, 6) is 0.780. The van der Waals surface area contributed by atoms with E-state index < -0.39 is 0 Å². The number of aryl methyl sites for hydroxylation is 3. The molecule has 26 heavy (non-hydrogen) atoms. The summed E-state index contributed by atoms with van der Waals surface area (Å²) >= 11 is 3.24. The Bertz CT molecular complexity index is 1060. The minimum absolute atomic E-state index is 0.0426. The van der Waals surface area contributed by atoms with E-state index >= 15 is 0 Å². The molecule has 4 nitrogen and oxygen atoms in total. The molecule has 1 aliphatic rings. The number of nitriles is 1. The summed E-state index contributed by atoms with van der Waals surface area (Å²) in [6, 6.07) is 10.2. The maximum Gasteiger partial charge on any atom is 0.267 e. The van der Waals surface area contributed by atoms with Crippen molar-refractivity contribution in [1.29, 1.82) is 5.26 Å². The first-order valence-electron chi connectivity index (χ1n) is 8.83. The number of hydrogen-bond donors (Lipinski definition) is 0. The second kappa shape index (κ2) is 7.26. The summed E-state index contributed by atoms with van der Waals surface area (Å²) in [5.41, 5.74) is 3.27. The monoisotopic (exact) mass is 381 g/mol. The van der Waals surface area contributed by atoms with Gasteiger partial charge in [-0.2, -0.15) is 5.26 Å². The molecule has 132 valence electrons. The molecular formula is C20H19N3OS2. The Kier molecular flexibility index (Phi) is 4.84. The Labute approximate surface area is 160 Å². The van der Waals surface area contributed by atoms with E-state index in [1.54, 1.807) is 27.7 Å². The van der Waals surface area contributed by atoms with Gasteiger partial charge >= 0.3 is 0 Å². The van der Waals surface area contributed by atoms with Crippen LogP contribution >= 0.6 is 23.1 Å². The van der Waals surface area contributed by atoms with Crippen molar-refractivity contribution in [2.75, 3.05) is 5.75 Å². The van der Waals surface area contributed by atoms with Gasteiger partial charge in [-0.05, 0) is 50.3 Å². The van der Waals surface area contributed by atoms with Crippen LogP contribution in [0.5, 0.6) is 0 Å². The zero-order chi connectivity index (χ0) is 18.1. The largest absolute Gasteiger partial charge is 0.268 e. The zero-order valence-corrected chi connectivity index (χ0v) is 16.3. The number of thiophene rings is 1. The van der Waals surface area contributed by atoms with Crippen molar-refractivity contribution < 1.29 is 0 Å². The number of thioether (sulfide) groups is 1. The second-order valence-electron chi connectivity index (χ2n) is 6.52. The van der Waals surface area contributed by atoms with Crippen LogP contribution in [-0.4, -0.2) is 15.3 Å². The summed E-state index contributed by atoms with van der Waals surface area (Å²) in [6.45, 7) is 2.04. The smallest absolute Gasteiger partial charge is 0.267 e. The molecule has 3 aromatic rings. The van der Waals surface area contributed by atoms with Crippen molar-refractivity contribution in [3.05, 3.63) is 50.6 Å². The van der Waals surface area contributed by atoms with Crippen molar-refractivity contribution in [2.45, 2.75) is 44.2 Å². The fourth-order valence-electron chi connectivity index (χ4n) is 3.36. The number of nitrogens with zero attached hydrogens (tertiary/aromatic N) is 3. The van der Waals surface area contributed by atoms with Gasteiger partial charge in [-0.1, -0.05) is 29.5 Å². The third-order valence-electron chi connectivity index (χ3n) is 4.66. The molecule has 0 atom stereocenters. The third-order valence-corrected chi connectivity index (χ3v) is 6.87. The van der Waals surface area contributed by atoms with E-state index in [1.807, 2.05) is 31.2 Å². The lowest BCUT2D eigenvalue weighted by atomic mass is 10.2. The number of fused-ring (bicyclic) bond motifs is 3. The van der Waals surface area contributed by atoms with Gasteiger partial charge < -0.3 is 0 Å². The summed E-state index contributed by atoms with van der Waals surface area (Å²) in [5, 5.41) is 10.3. The molecule has 0 spiro atoms. The first kappa shape index (κ1) is 17.3. The zero-order valence-electron chi connectivity index (χ0n) is 14.6. The Morgan fingerprint density at radius 3 is 2.88 bits per heavy atom. The van der Waals surface area contributed by atoms with Gasteiger partial charge in [-0.25, -0.2) is 4.98 Å². The van der Waals surface area contributed by atoms with Crippen LogP contribution in [0.3, 0.4) is 0 Å². The Morgan fingerprint density at radius 1 is 1.31 bits per heavy atom. The van der Waals surface area contributed by atoms with Crippen molar-refractivity contribution in [1.82, 2.24) is 9.55 Å². The van der Waals surface area contributed by atoms with Crippen LogP contribution in [-0.2, 0) is 12.8 Å². The van der Waals surface area contributed by atoms with Crippen LogP contribution in [0.4, 0.5) is 0 Å². The van der Waals surface area contributed by atoms with Crippen LogP contribution in [0.15, 0.2) is 34.2 Å². The lowest BCUT2D eigenvalue weighted by Gasteiger charge is -2.12. The van der Waals surface area contributed by atoms with Gasteiger partial charge in [-0.3, -0.25) is 9.36 Å². The minimum Gasteiger partial charge on any atom is -0.268 e. The summed E-state index contributed by atoms with van der Waals surface area (Å²) in [4.78, 5) is 20.5. The van der Waals surface area contributed by atoms with E-state index in [9.17, 15) is 4.79 Å². The van der Waals surface area contributed by atoms with E-state index in [4.69, 9.17) is 10.2 Å². The van der Waals surface area contributed by atoms with Gasteiger partial charge in [0.2, 0.25) is 0 Å². The Hall–Kier alpha value is -2.10. The maximum absolute atomic E-state index is 13.4. The van der Waals surface area contributed by atoms with E-state index in [0.29, 0.717) is 6.42 Å². The van der Waals surface area contributed by atoms with Gasteiger partial charge in [0.25, 0.3) is 5.56 Å². The van der Waals surface area contributed by atoms with Crippen molar-refractivity contribution in [2.24, 2.45) is 0 Å². The fourth-order valence-corrected chi connectivity index (χ4v) is 5.61. The highest BCUT2D eigenvalue weighted by Gasteiger charge is 2.23. The highest BCUT2D eigenvalue weighted by atomic mass is 32.2. The molecule has 1 aromatic carbocycles. The second-order valence-corrected chi connectivity index (χ2v) is 8.66. The highest BCUT2D eigenvalue weighted by molar-refractivity contribution is 7.99. The SMILES string of the molecule is Cc1ccc(-n2c(SCCCC#N)nc3sc4c(c3c2=O)CCC4)cc1. The predicted octanol–water partition coefficient (Wildman–Crippen LogP) is 4.64. The molecule has 1 aliphatic carbocycles. The molecule has 0 bridgehead atoms. The van der Waals surface area contributed by atoms with Crippen LogP contribution < -0.4 is 5.56 Å². The quantitative estimate of drug-likeness (QED) is 0.367. The number of benzene rings is 1. The van der Waals surface area contributed by atoms with E-state index in [0.717, 1.165) is 58.1 Å². The molecule has 0 N–H and O–H groups in total. The molecular weight excluding hydrogens is 362 g/mol. The molecule has 0 radical (unpaired) electrons. The molecule has 0 aliphatic heterocycles. The lowest BCUT2D eigenvalue weighted by molar-refractivity contribution is 0.817. The van der Waals surface area contributed by atoms with Crippen LogP contribution in [0.1, 0.15) is 35.3 Å². The number of aromatic nitrogens is 2. The topological polar surface area (TPSA) is 58.7 Å². The molecule has 0 unspecified atom stereocenters. The van der Waals surface area contributed by atoms with Crippen LogP contribution in [0.2, 0.25) is 0 Å². The first-order chi connectivity index (χ1) is 12.7. The van der Waals surface area contributed by atoms with E-state index in [1.165, 1.54) is 10.4 Å². The highest BCUT2D eigenvalue weighted by Crippen LogP contribution is 2.36. The van der Waals surface area contributed by atoms with Gasteiger partial charge in [0, 0.05) is 17.1 Å². The van der Waals surface area contributed by atoms with Crippen LogP contribution in [0.25, 0.3) is 15.9 Å². The van der Waals surface area contributed by atoms with Gasteiger partial charge in [0.15, 0.2) is 5.16 Å². The van der Waals surface area contributed by atoms with E-state index in [2.05, 4.69) is 6.07 Å². The average molecular weight is 382 g/mol. The number of unbranched alkanes of at least 4 members (excludes halogenated alkanes) is 1. The number of hydrogen-bond acceptors (Lipinski definition) is 5. The molecule has 0 amide bonds. The summed E-state index contributed by atoms with van der Waals surface area (Å²) in [6.07, 6.45) is 4.49. The van der Waals surface area contributed by atoms with Crippen LogP contribution in [0, 0.1) is 18.3 Å². The van der Waals surface area contributed by atoms with Gasteiger partial charge in [-0.15, -0.1) is 11.3 Å². The minimum atomic E-state index is 0.0426. The van der Waals surface area contributed by atoms with Crippen molar-refractivity contribution >= 4 is 33.3 Å². The lowest BCUT2D eigenvalue weighted by Crippen LogP contribution is -2.22.